The van der Waals surface area contributed by atoms with Crippen LogP contribution < -0.4 is 10.6 Å². The van der Waals surface area contributed by atoms with Crippen molar-refractivity contribution in [3.63, 3.8) is 0 Å². The van der Waals surface area contributed by atoms with Crippen LogP contribution in [0.2, 0.25) is 0 Å². The number of likely N-dealkylation sites (tertiary alicyclic amines) is 1. The predicted molar refractivity (Wildman–Crippen MR) is 73.4 cm³/mol. The highest BCUT2D eigenvalue weighted by atomic mass is 15.1. The van der Waals surface area contributed by atoms with Crippen LogP contribution in [0.15, 0.2) is 24.3 Å². The molecule has 1 aromatic carbocycles. The number of para-hydroxylation sites is 1. The van der Waals surface area contributed by atoms with Crippen molar-refractivity contribution in [3.8, 4) is 0 Å². The van der Waals surface area contributed by atoms with Crippen molar-refractivity contribution in [3.05, 3.63) is 29.8 Å². The third-order valence-corrected chi connectivity index (χ3v) is 3.41. The number of nitrogens with one attached hydrogen (secondary N) is 2. The van der Waals surface area contributed by atoms with Gasteiger partial charge in [0, 0.05) is 32.4 Å². The van der Waals surface area contributed by atoms with Gasteiger partial charge in [-0.15, -0.1) is 0 Å². The summed E-state index contributed by atoms with van der Waals surface area (Å²) >= 11 is 0. The molecule has 1 aromatic rings. The molecule has 1 aliphatic heterocycles. The van der Waals surface area contributed by atoms with Crippen LogP contribution in [0.5, 0.6) is 0 Å². The topological polar surface area (TPSA) is 27.3 Å². The van der Waals surface area contributed by atoms with E-state index in [0.29, 0.717) is 0 Å². The first-order valence-electron chi connectivity index (χ1n) is 6.59. The fourth-order valence-corrected chi connectivity index (χ4v) is 2.38. The van der Waals surface area contributed by atoms with Gasteiger partial charge in [-0.25, -0.2) is 0 Å². The maximum Gasteiger partial charge on any atom is 0.0383 e. The Morgan fingerprint density at radius 1 is 1.18 bits per heavy atom. The van der Waals surface area contributed by atoms with Crippen molar-refractivity contribution in [2.75, 3.05) is 38.5 Å². The second kappa shape index (κ2) is 6.62. The summed E-state index contributed by atoms with van der Waals surface area (Å²) in [7, 11) is 1.98. The van der Waals surface area contributed by atoms with Gasteiger partial charge in [-0.3, -0.25) is 0 Å². The van der Waals surface area contributed by atoms with E-state index in [9.17, 15) is 0 Å². The van der Waals surface area contributed by atoms with E-state index in [1.165, 1.54) is 43.7 Å². The first-order valence-corrected chi connectivity index (χ1v) is 6.59. The van der Waals surface area contributed by atoms with Gasteiger partial charge in [0.15, 0.2) is 0 Å². The van der Waals surface area contributed by atoms with Crippen molar-refractivity contribution in [1.29, 1.82) is 0 Å². The van der Waals surface area contributed by atoms with Gasteiger partial charge in [0.1, 0.15) is 0 Å². The lowest BCUT2D eigenvalue weighted by Crippen LogP contribution is -2.29. The Morgan fingerprint density at radius 2 is 1.94 bits per heavy atom. The molecule has 0 spiro atoms. The average Bonchev–Trinajstić information content (AvgIpc) is 2.88. The zero-order valence-electron chi connectivity index (χ0n) is 10.7. The fourth-order valence-electron chi connectivity index (χ4n) is 2.38. The molecule has 0 saturated carbocycles. The number of hydrogen-bond acceptors (Lipinski definition) is 3. The van der Waals surface area contributed by atoms with Crippen LogP contribution in [0.1, 0.15) is 18.4 Å². The Hall–Kier alpha value is -1.06. The van der Waals surface area contributed by atoms with Crippen molar-refractivity contribution in [1.82, 2.24) is 10.2 Å². The zero-order valence-corrected chi connectivity index (χ0v) is 10.7. The van der Waals surface area contributed by atoms with Crippen molar-refractivity contribution >= 4 is 5.69 Å². The van der Waals surface area contributed by atoms with Gasteiger partial charge in [-0.05, 0) is 37.6 Å². The molecule has 0 aliphatic carbocycles. The molecular formula is C14H23N3. The molecule has 1 fully saturated rings. The van der Waals surface area contributed by atoms with Gasteiger partial charge in [-0.1, -0.05) is 18.2 Å². The molecule has 3 heteroatoms. The zero-order chi connectivity index (χ0) is 11.9. The number of rotatable bonds is 6. The summed E-state index contributed by atoms with van der Waals surface area (Å²) in [6.07, 6.45) is 2.76. The molecule has 1 aliphatic rings. The van der Waals surface area contributed by atoms with Gasteiger partial charge in [0.2, 0.25) is 0 Å². The van der Waals surface area contributed by atoms with Gasteiger partial charge in [0.25, 0.3) is 0 Å². The SMILES string of the molecule is CNc1ccccc1CNCCN1CCCC1. The molecular weight excluding hydrogens is 210 g/mol. The highest BCUT2D eigenvalue weighted by molar-refractivity contribution is 5.50. The van der Waals surface area contributed by atoms with Crippen LogP contribution in [0.4, 0.5) is 5.69 Å². The summed E-state index contributed by atoms with van der Waals surface area (Å²) in [5.41, 5.74) is 2.57. The van der Waals surface area contributed by atoms with Crippen molar-refractivity contribution < 1.29 is 0 Å². The maximum absolute atomic E-state index is 3.52. The predicted octanol–water partition coefficient (Wildman–Crippen LogP) is 1.91. The normalized spacial score (nSPS) is 16.3. The molecule has 0 aromatic heterocycles. The number of anilines is 1. The molecule has 2 rings (SSSR count). The second-order valence-corrected chi connectivity index (χ2v) is 4.63. The van der Waals surface area contributed by atoms with Crippen LogP contribution in [0, 0.1) is 0 Å². The molecule has 1 heterocycles. The summed E-state index contributed by atoms with van der Waals surface area (Å²) in [6, 6.07) is 8.46. The van der Waals surface area contributed by atoms with Gasteiger partial charge < -0.3 is 15.5 Å². The Balaban J connectivity index is 1.70. The van der Waals surface area contributed by atoms with E-state index in [1.54, 1.807) is 0 Å². The Labute approximate surface area is 104 Å². The molecule has 17 heavy (non-hydrogen) atoms. The minimum absolute atomic E-state index is 0.949. The summed E-state index contributed by atoms with van der Waals surface area (Å²) in [4.78, 5) is 2.54. The van der Waals surface area contributed by atoms with E-state index < -0.39 is 0 Å². The van der Waals surface area contributed by atoms with E-state index in [-0.39, 0.29) is 0 Å². The molecule has 94 valence electrons. The summed E-state index contributed by atoms with van der Waals surface area (Å²) in [5.74, 6) is 0. The number of hydrogen-bond donors (Lipinski definition) is 2. The number of benzene rings is 1. The minimum Gasteiger partial charge on any atom is -0.388 e. The molecule has 0 radical (unpaired) electrons. The molecule has 2 N–H and O–H groups in total. The smallest absolute Gasteiger partial charge is 0.0383 e. The Kier molecular flexibility index (Phi) is 4.83. The van der Waals surface area contributed by atoms with Gasteiger partial charge >= 0.3 is 0 Å². The average molecular weight is 233 g/mol. The number of nitrogens with zero attached hydrogens (tertiary/aromatic N) is 1. The third-order valence-electron chi connectivity index (χ3n) is 3.41. The van der Waals surface area contributed by atoms with Gasteiger partial charge in [0.05, 0.1) is 0 Å². The van der Waals surface area contributed by atoms with E-state index in [4.69, 9.17) is 0 Å². The Bertz CT molecular complexity index is 332. The summed E-state index contributed by atoms with van der Waals surface area (Å²) in [6.45, 7) is 5.79. The molecule has 0 unspecified atom stereocenters. The lowest BCUT2D eigenvalue weighted by molar-refractivity contribution is 0.335. The summed E-state index contributed by atoms with van der Waals surface area (Å²) in [5, 5.41) is 6.75. The molecule has 3 nitrogen and oxygen atoms in total. The fraction of sp³-hybridized carbons (Fsp3) is 0.571. The van der Waals surface area contributed by atoms with E-state index in [0.717, 1.165) is 13.1 Å². The van der Waals surface area contributed by atoms with Crippen LogP contribution in [0.3, 0.4) is 0 Å². The largest absolute Gasteiger partial charge is 0.388 e. The minimum atomic E-state index is 0.949. The highest BCUT2D eigenvalue weighted by Gasteiger charge is 2.10. The van der Waals surface area contributed by atoms with Crippen LogP contribution in [-0.2, 0) is 6.54 Å². The van der Waals surface area contributed by atoms with E-state index in [2.05, 4.69) is 39.8 Å². The molecule has 1 saturated heterocycles. The lowest BCUT2D eigenvalue weighted by Gasteiger charge is -2.15. The van der Waals surface area contributed by atoms with Crippen LogP contribution in [0.25, 0.3) is 0 Å². The molecule has 0 atom stereocenters. The van der Waals surface area contributed by atoms with E-state index in [1.807, 2.05) is 7.05 Å². The van der Waals surface area contributed by atoms with Crippen molar-refractivity contribution in [2.45, 2.75) is 19.4 Å². The first kappa shape index (κ1) is 12.4. The standard InChI is InChI=1S/C14H23N3/c1-15-14-7-3-2-6-13(14)12-16-8-11-17-9-4-5-10-17/h2-3,6-7,15-16H,4-5,8-12H2,1H3. The van der Waals surface area contributed by atoms with Crippen LogP contribution >= 0.6 is 0 Å². The maximum atomic E-state index is 3.52. The second-order valence-electron chi connectivity index (χ2n) is 4.63. The Morgan fingerprint density at radius 3 is 2.71 bits per heavy atom. The monoisotopic (exact) mass is 233 g/mol. The van der Waals surface area contributed by atoms with Gasteiger partial charge in [-0.2, -0.15) is 0 Å². The quantitative estimate of drug-likeness (QED) is 0.735. The summed E-state index contributed by atoms with van der Waals surface area (Å²) < 4.78 is 0. The van der Waals surface area contributed by atoms with Crippen molar-refractivity contribution in [2.24, 2.45) is 0 Å². The third kappa shape index (κ3) is 3.72. The lowest BCUT2D eigenvalue weighted by atomic mass is 10.2. The molecule has 0 amide bonds. The molecule has 0 bridgehead atoms. The first-order chi connectivity index (χ1) is 8.40. The van der Waals surface area contributed by atoms with E-state index >= 15 is 0 Å². The highest BCUT2D eigenvalue weighted by Crippen LogP contribution is 2.13. The van der Waals surface area contributed by atoms with Crippen LogP contribution in [-0.4, -0.2) is 38.1 Å².